The van der Waals surface area contributed by atoms with Crippen molar-refractivity contribution in [2.24, 2.45) is 0 Å². The fraction of sp³-hybridized carbons (Fsp3) is 0.393. The Kier molecular flexibility index (Phi) is 7.18. The summed E-state index contributed by atoms with van der Waals surface area (Å²) in [5.41, 5.74) is 4.18. The minimum atomic E-state index is -0.415. The molecule has 2 unspecified atom stereocenters. The van der Waals surface area contributed by atoms with Crippen LogP contribution in [0.15, 0.2) is 42.5 Å². The summed E-state index contributed by atoms with van der Waals surface area (Å²) in [6, 6.07) is 13.7. The summed E-state index contributed by atoms with van der Waals surface area (Å²) in [5, 5.41) is 19.8. The van der Waals surface area contributed by atoms with E-state index in [-0.39, 0.29) is 6.04 Å². The van der Waals surface area contributed by atoms with Crippen molar-refractivity contribution in [3.8, 4) is 6.07 Å². The molecule has 1 saturated heterocycles. The lowest BCUT2D eigenvalue weighted by atomic mass is 9.89. The minimum absolute atomic E-state index is 0.173. The van der Waals surface area contributed by atoms with Crippen molar-refractivity contribution in [2.45, 2.75) is 44.2 Å². The Labute approximate surface area is 221 Å². The summed E-state index contributed by atoms with van der Waals surface area (Å²) in [6.07, 6.45) is 7.41. The van der Waals surface area contributed by atoms with Gasteiger partial charge in [-0.25, -0.2) is 0 Å². The highest BCUT2D eigenvalue weighted by Crippen LogP contribution is 2.33. The van der Waals surface area contributed by atoms with Crippen LogP contribution in [-0.2, 0) is 4.79 Å². The molecule has 0 bridgehead atoms. The Bertz CT molecular complexity index is 1370. The van der Waals surface area contributed by atoms with Gasteiger partial charge in [0, 0.05) is 35.1 Å². The Morgan fingerprint density at radius 2 is 2.11 bits per heavy atom. The van der Waals surface area contributed by atoms with Gasteiger partial charge in [0.1, 0.15) is 12.4 Å². The highest BCUT2D eigenvalue weighted by molar-refractivity contribution is 6.35. The van der Waals surface area contributed by atoms with Crippen molar-refractivity contribution >= 4 is 46.0 Å². The molecule has 186 valence electrons. The molecule has 2 atom stereocenters. The van der Waals surface area contributed by atoms with E-state index in [4.69, 9.17) is 23.2 Å². The lowest BCUT2D eigenvalue weighted by Gasteiger charge is -2.39. The predicted octanol–water partition coefficient (Wildman–Crippen LogP) is 5.62. The lowest BCUT2D eigenvalue weighted by molar-refractivity contribution is -0.115. The molecular formula is C28H29Cl2N5O. The van der Waals surface area contributed by atoms with Gasteiger partial charge in [0.25, 0.3) is 0 Å². The number of piperidine rings is 1. The quantitative estimate of drug-likeness (QED) is 0.425. The van der Waals surface area contributed by atoms with E-state index in [1.54, 1.807) is 6.07 Å². The van der Waals surface area contributed by atoms with Crippen LogP contribution in [-0.4, -0.2) is 52.7 Å². The van der Waals surface area contributed by atoms with Gasteiger partial charge < -0.3 is 10.1 Å². The molecule has 0 saturated carbocycles. The first-order valence-corrected chi connectivity index (χ1v) is 13.2. The monoisotopic (exact) mass is 521 g/mol. The van der Waals surface area contributed by atoms with E-state index < -0.39 is 5.54 Å². The van der Waals surface area contributed by atoms with Gasteiger partial charge in [-0.3, -0.25) is 9.58 Å². The molecule has 2 aliphatic rings. The van der Waals surface area contributed by atoms with Crippen molar-refractivity contribution in [2.75, 3.05) is 26.2 Å². The minimum Gasteiger partial charge on any atom is -0.304 e. The molecule has 0 radical (unpaired) electrons. The maximum Gasteiger partial charge on any atom is 0.170 e. The smallest absolute Gasteiger partial charge is 0.170 e. The van der Waals surface area contributed by atoms with Crippen LogP contribution in [0, 0.1) is 11.3 Å². The highest BCUT2D eigenvalue weighted by atomic mass is 35.5. The highest BCUT2D eigenvalue weighted by Gasteiger charge is 2.33. The SMILES string of the molecule is CC(c1ccc(Cl)cc1Cl)n1nc(C#N)c2ccc(C3=CCN(CC4(C=O)CCCCN4)CC3)cc21. The van der Waals surface area contributed by atoms with Crippen molar-refractivity contribution < 1.29 is 4.79 Å². The van der Waals surface area contributed by atoms with Gasteiger partial charge in [-0.1, -0.05) is 41.4 Å². The van der Waals surface area contributed by atoms with Gasteiger partial charge in [-0.2, -0.15) is 10.4 Å². The first-order valence-electron chi connectivity index (χ1n) is 12.4. The number of benzene rings is 2. The van der Waals surface area contributed by atoms with Gasteiger partial charge in [0.05, 0.1) is 17.1 Å². The Hall–Kier alpha value is -2.69. The number of fused-ring (bicyclic) bond motifs is 1. The van der Waals surface area contributed by atoms with Crippen LogP contribution in [0.1, 0.15) is 55.5 Å². The summed E-state index contributed by atoms with van der Waals surface area (Å²) >= 11 is 12.6. The molecule has 6 nitrogen and oxygen atoms in total. The Morgan fingerprint density at radius 3 is 2.78 bits per heavy atom. The second-order valence-corrected chi connectivity index (χ2v) is 10.7. The molecule has 1 fully saturated rings. The molecule has 5 rings (SSSR count). The Balaban J connectivity index is 1.42. The van der Waals surface area contributed by atoms with E-state index in [2.05, 4.69) is 39.6 Å². The second kappa shape index (κ2) is 10.4. The molecular weight excluding hydrogens is 493 g/mol. The zero-order valence-electron chi connectivity index (χ0n) is 20.3. The average Bonchev–Trinajstić information content (AvgIpc) is 3.27. The number of hydrogen-bond acceptors (Lipinski definition) is 5. The normalized spacial score (nSPS) is 21.7. The predicted molar refractivity (Wildman–Crippen MR) is 144 cm³/mol. The molecule has 2 aliphatic heterocycles. The van der Waals surface area contributed by atoms with Crippen molar-refractivity contribution in [3.05, 3.63) is 69.3 Å². The Morgan fingerprint density at radius 1 is 1.25 bits per heavy atom. The van der Waals surface area contributed by atoms with E-state index in [9.17, 15) is 10.1 Å². The molecule has 3 heterocycles. The third-order valence-electron chi connectivity index (χ3n) is 7.51. The van der Waals surface area contributed by atoms with Crippen molar-refractivity contribution in [1.82, 2.24) is 20.0 Å². The third-order valence-corrected chi connectivity index (χ3v) is 8.08. The number of aromatic nitrogens is 2. The maximum atomic E-state index is 11.9. The number of nitrogens with zero attached hydrogens (tertiary/aromatic N) is 4. The topological polar surface area (TPSA) is 74.0 Å². The van der Waals surface area contributed by atoms with Crippen LogP contribution >= 0.6 is 23.2 Å². The molecule has 8 heteroatoms. The maximum absolute atomic E-state index is 11.9. The number of carbonyl (C=O) groups excluding carboxylic acids is 1. The van der Waals surface area contributed by atoms with Gasteiger partial charge in [0.2, 0.25) is 0 Å². The van der Waals surface area contributed by atoms with Crippen molar-refractivity contribution in [1.29, 1.82) is 5.26 Å². The number of rotatable bonds is 6. The summed E-state index contributed by atoms with van der Waals surface area (Å²) in [4.78, 5) is 14.2. The van der Waals surface area contributed by atoms with Gasteiger partial charge >= 0.3 is 0 Å². The average molecular weight is 522 g/mol. The van der Waals surface area contributed by atoms with Crippen LogP contribution in [0.5, 0.6) is 0 Å². The number of hydrogen-bond donors (Lipinski definition) is 1. The number of nitrogens with one attached hydrogen (secondary N) is 1. The van der Waals surface area contributed by atoms with Crippen LogP contribution in [0.3, 0.4) is 0 Å². The third kappa shape index (κ3) is 4.81. The molecule has 1 N–H and O–H groups in total. The molecule has 0 aliphatic carbocycles. The number of aldehydes is 1. The molecule has 0 amide bonds. The van der Waals surface area contributed by atoms with E-state index in [1.807, 2.05) is 29.8 Å². The molecule has 3 aromatic rings. The first kappa shape index (κ1) is 25.0. The first-order chi connectivity index (χ1) is 17.4. The fourth-order valence-electron chi connectivity index (χ4n) is 5.47. The van der Waals surface area contributed by atoms with Crippen LogP contribution in [0.2, 0.25) is 10.0 Å². The van der Waals surface area contributed by atoms with Crippen LogP contribution in [0.25, 0.3) is 16.5 Å². The zero-order valence-corrected chi connectivity index (χ0v) is 21.8. The van der Waals surface area contributed by atoms with Gasteiger partial charge in [0.15, 0.2) is 5.69 Å². The van der Waals surface area contributed by atoms with Gasteiger partial charge in [-0.15, -0.1) is 0 Å². The zero-order chi connectivity index (χ0) is 25.3. The number of halogens is 2. The second-order valence-electron chi connectivity index (χ2n) is 9.85. The van der Waals surface area contributed by atoms with Crippen LogP contribution in [0.4, 0.5) is 0 Å². The summed E-state index contributed by atoms with van der Waals surface area (Å²) in [7, 11) is 0. The molecule has 2 aromatic carbocycles. The van der Waals surface area contributed by atoms with E-state index in [0.717, 1.165) is 80.2 Å². The summed E-state index contributed by atoms with van der Waals surface area (Å²) < 4.78 is 1.88. The summed E-state index contributed by atoms with van der Waals surface area (Å²) in [5.74, 6) is 0. The lowest BCUT2D eigenvalue weighted by Crippen LogP contribution is -2.57. The van der Waals surface area contributed by atoms with E-state index in [0.29, 0.717) is 15.7 Å². The van der Waals surface area contributed by atoms with E-state index in [1.165, 1.54) is 5.57 Å². The van der Waals surface area contributed by atoms with Crippen LogP contribution < -0.4 is 5.32 Å². The molecule has 1 aromatic heterocycles. The van der Waals surface area contributed by atoms with E-state index >= 15 is 0 Å². The largest absolute Gasteiger partial charge is 0.304 e. The fourth-order valence-corrected chi connectivity index (χ4v) is 6.03. The summed E-state index contributed by atoms with van der Waals surface area (Å²) in [6.45, 7) is 5.39. The standard InChI is InChI=1S/C28H29Cl2N5O/c1-19(23-7-5-22(29)15-25(23)30)35-27-14-21(4-6-24(27)26(16-31)33-35)20-8-12-34(13-9-20)17-28(18-36)10-2-3-11-32-28/h4-8,14-15,18-19,32H,2-3,9-13,17H2,1H3. The molecule has 0 spiro atoms. The van der Waals surface area contributed by atoms with Crippen molar-refractivity contribution in [3.63, 3.8) is 0 Å². The molecule has 36 heavy (non-hydrogen) atoms. The van der Waals surface area contributed by atoms with Gasteiger partial charge in [-0.05, 0) is 80.1 Å². The number of carbonyl (C=O) groups is 1. The number of nitriles is 1.